The van der Waals surface area contributed by atoms with Gasteiger partial charge in [-0.2, -0.15) is 0 Å². The quantitative estimate of drug-likeness (QED) is 0.571. The van der Waals surface area contributed by atoms with E-state index in [1.165, 1.54) is 23.8 Å². The van der Waals surface area contributed by atoms with Crippen LogP contribution in [0.25, 0.3) is 0 Å². The van der Waals surface area contributed by atoms with Gasteiger partial charge in [0.1, 0.15) is 4.21 Å². The van der Waals surface area contributed by atoms with E-state index in [1.807, 2.05) is 32.0 Å². The molecular weight excluding hydrogens is 404 g/mol. The van der Waals surface area contributed by atoms with E-state index in [0.29, 0.717) is 23.1 Å². The highest BCUT2D eigenvalue weighted by Crippen LogP contribution is 2.29. The van der Waals surface area contributed by atoms with Gasteiger partial charge in [-0.15, -0.1) is 11.3 Å². The van der Waals surface area contributed by atoms with Gasteiger partial charge in [-0.05, 0) is 47.9 Å². The first-order valence-electron chi connectivity index (χ1n) is 10.1. The van der Waals surface area contributed by atoms with Crippen LogP contribution in [0.3, 0.4) is 0 Å². The SMILES string of the molecule is CCC(C)c1ccc(C(NS(=O)(=O)c2ccc(CCNC(C)=O)s2)C(C)C)cc1. The molecule has 0 spiro atoms. The summed E-state index contributed by atoms with van der Waals surface area (Å²) < 4.78 is 29.1. The van der Waals surface area contributed by atoms with E-state index in [1.54, 1.807) is 6.07 Å². The number of hydrogen-bond donors (Lipinski definition) is 2. The third-order valence-corrected chi connectivity index (χ3v) is 8.15. The Morgan fingerprint density at radius 2 is 1.66 bits per heavy atom. The molecule has 0 saturated carbocycles. The minimum Gasteiger partial charge on any atom is -0.356 e. The molecule has 1 aromatic carbocycles. The Morgan fingerprint density at radius 3 is 2.21 bits per heavy atom. The largest absolute Gasteiger partial charge is 0.356 e. The fraction of sp³-hybridized carbons (Fsp3) is 0.500. The zero-order chi connectivity index (χ0) is 21.6. The number of carbonyl (C=O) groups excluding carboxylic acids is 1. The summed E-state index contributed by atoms with van der Waals surface area (Å²) >= 11 is 1.25. The molecule has 1 amide bonds. The molecule has 0 radical (unpaired) electrons. The Hall–Kier alpha value is -1.70. The maximum absolute atomic E-state index is 13.0. The highest BCUT2D eigenvalue weighted by molar-refractivity contribution is 7.91. The van der Waals surface area contributed by atoms with Gasteiger partial charge < -0.3 is 5.32 Å². The van der Waals surface area contributed by atoms with Crippen molar-refractivity contribution in [3.05, 3.63) is 52.4 Å². The summed E-state index contributed by atoms with van der Waals surface area (Å²) in [5.74, 6) is 0.508. The van der Waals surface area contributed by atoms with Crippen LogP contribution < -0.4 is 10.0 Å². The van der Waals surface area contributed by atoms with Crippen molar-refractivity contribution in [1.29, 1.82) is 0 Å². The first-order chi connectivity index (χ1) is 13.6. The van der Waals surface area contributed by atoms with Gasteiger partial charge in [0.2, 0.25) is 5.91 Å². The van der Waals surface area contributed by atoms with Crippen LogP contribution in [-0.4, -0.2) is 20.9 Å². The number of sulfonamides is 1. The van der Waals surface area contributed by atoms with Crippen LogP contribution in [0, 0.1) is 5.92 Å². The van der Waals surface area contributed by atoms with E-state index in [0.717, 1.165) is 16.9 Å². The van der Waals surface area contributed by atoms with Crippen LogP contribution in [0.5, 0.6) is 0 Å². The average Bonchev–Trinajstić information content (AvgIpc) is 3.15. The van der Waals surface area contributed by atoms with Crippen LogP contribution in [0.15, 0.2) is 40.6 Å². The van der Waals surface area contributed by atoms with Crippen molar-refractivity contribution in [3.63, 3.8) is 0 Å². The fourth-order valence-electron chi connectivity index (χ4n) is 3.08. The lowest BCUT2D eigenvalue weighted by atomic mass is 9.93. The van der Waals surface area contributed by atoms with Gasteiger partial charge in [-0.25, -0.2) is 13.1 Å². The van der Waals surface area contributed by atoms with Crippen molar-refractivity contribution in [2.24, 2.45) is 5.92 Å². The maximum atomic E-state index is 13.0. The Bertz CT molecular complexity index is 902. The summed E-state index contributed by atoms with van der Waals surface area (Å²) in [7, 11) is -3.62. The van der Waals surface area contributed by atoms with E-state index < -0.39 is 10.0 Å². The van der Waals surface area contributed by atoms with Gasteiger partial charge in [0, 0.05) is 24.4 Å². The van der Waals surface area contributed by atoms with Crippen LogP contribution in [-0.2, 0) is 21.2 Å². The third kappa shape index (κ3) is 6.66. The van der Waals surface area contributed by atoms with Crippen molar-refractivity contribution in [2.45, 2.75) is 63.6 Å². The molecule has 0 aliphatic rings. The van der Waals surface area contributed by atoms with Crippen LogP contribution in [0.4, 0.5) is 0 Å². The van der Waals surface area contributed by atoms with Crippen molar-refractivity contribution in [1.82, 2.24) is 10.0 Å². The normalized spacial score (nSPS) is 14.0. The second kappa shape index (κ2) is 10.4. The summed E-state index contributed by atoms with van der Waals surface area (Å²) in [6, 6.07) is 11.4. The molecule has 0 fully saturated rings. The third-order valence-electron chi connectivity index (χ3n) is 5.07. The number of carbonyl (C=O) groups is 1. The Labute approximate surface area is 179 Å². The first-order valence-corrected chi connectivity index (χ1v) is 12.4. The predicted octanol–water partition coefficient (Wildman–Crippen LogP) is 4.62. The molecular formula is C22H32N2O3S2. The smallest absolute Gasteiger partial charge is 0.250 e. The van der Waals surface area contributed by atoms with Gasteiger partial charge in [-0.3, -0.25) is 4.79 Å². The van der Waals surface area contributed by atoms with Crippen LogP contribution in [0.1, 0.15) is 69.0 Å². The van der Waals surface area contributed by atoms with E-state index in [-0.39, 0.29) is 17.9 Å². The number of benzene rings is 1. The van der Waals surface area contributed by atoms with E-state index >= 15 is 0 Å². The highest BCUT2D eigenvalue weighted by atomic mass is 32.2. The molecule has 2 N–H and O–H groups in total. The van der Waals surface area contributed by atoms with Gasteiger partial charge in [0.25, 0.3) is 10.0 Å². The lowest BCUT2D eigenvalue weighted by molar-refractivity contribution is -0.118. The zero-order valence-corrected chi connectivity index (χ0v) is 19.5. The molecule has 7 heteroatoms. The molecule has 0 aliphatic heterocycles. The zero-order valence-electron chi connectivity index (χ0n) is 17.9. The molecule has 0 saturated heterocycles. The summed E-state index contributed by atoms with van der Waals surface area (Å²) in [5.41, 5.74) is 2.24. The number of thiophene rings is 1. The molecule has 2 atom stereocenters. The van der Waals surface area contributed by atoms with Crippen LogP contribution in [0.2, 0.25) is 0 Å². The monoisotopic (exact) mass is 436 g/mol. The van der Waals surface area contributed by atoms with Gasteiger partial charge in [0.15, 0.2) is 0 Å². The lowest BCUT2D eigenvalue weighted by Crippen LogP contribution is -2.31. The summed E-state index contributed by atoms with van der Waals surface area (Å²) in [6.45, 7) is 10.4. The van der Waals surface area contributed by atoms with Crippen molar-refractivity contribution >= 4 is 27.3 Å². The van der Waals surface area contributed by atoms with Gasteiger partial charge in [-0.1, -0.05) is 52.0 Å². The van der Waals surface area contributed by atoms with Crippen molar-refractivity contribution in [2.75, 3.05) is 6.54 Å². The summed E-state index contributed by atoms with van der Waals surface area (Å²) in [5, 5.41) is 2.73. The maximum Gasteiger partial charge on any atom is 0.250 e. The number of rotatable bonds is 10. The van der Waals surface area contributed by atoms with Crippen molar-refractivity contribution in [3.8, 4) is 0 Å². The average molecular weight is 437 g/mol. The molecule has 160 valence electrons. The Morgan fingerprint density at radius 1 is 1.03 bits per heavy atom. The van der Waals surface area contributed by atoms with Gasteiger partial charge in [0.05, 0.1) is 0 Å². The van der Waals surface area contributed by atoms with Crippen molar-refractivity contribution < 1.29 is 13.2 Å². The second-order valence-electron chi connectivity index (χ2n) is 7.77. The van der Waals surface area contributed by atoms with E-state index in [4.69, 9.17) is 0 Å². The summed E-state index contributed by atoms with van der Waals surface area (Å²) in [4.78, 5) is 11.9. The van der Waals surface area contributed by atoms with E-state index in [9.17, 15) is 13.2 Å². The predicted molar refractivity (Wildman–Crippen MR) is 120 cm³/mol. The molecule has 2 rings (SSSR count). The Kier molecular flexibility index (Phi) is 8.43. The van der Waals surface area contributed by atoms with Crippen LogP contribution >= 0.6 is 11.3 Å². The Balaban J connectivity index is 2.15. The minimum absolute atomic E-state index is 0.0878. The minimum atomic E-state index is -3.62. The molecule has 0 aliphatic carbocycles. The lowest BCUT2D eigenvalue weighted by Gasteiger charge is -2.23. The number of nitrogens with one attached hydrogen (secondary N) is 2. The number of amides is 1. The molecule has 1 heterocycles. The molecule has 2 unspecified atom stereocenters. The van der Waals surface area contributed by atoms with Gasteiger partial charge >= 0.3 is 0 Å². The first kappa shape index (κ1) is 23.6. The topological polar surface area (TPSA) is 75.3 Å². The second-order valence-corrected chi connectivity index (χ2v) is 10.9. The highest BCUT2D eigenvalue weighted by Gasteiger charge is 2.25. The number of hydrogen-bond acceptors (Lipinski definition) is 4. The molecule has 5 nitrogen and oxygen atoms in total. The molecule has 0 bridgehead atoms. The van der Waals surface area contributed by atoms with E-state index in [2.05, 4.69) is 36.0 Å². The standard InChI is InChI=1S/C22H32N2O3S2/c1-6-16(4)18-7-9-19(10-8-18)22(15(2)3)24-29(26,27)21-12-11-20(28-21)13-14-23-17(5)25/h7-12,15-16,22,24H,6,13-14H2,1-5H3,(H,23,25). The summed E-state index contributed by atoms with van der Waals surface area (Å²) in [6.07, 6.45) is 1.69. The molecule has 1 aromatic heterocycles. The molecule has 2 aromatic rings. The fourth-order valence-corrected chi connectivity index (χ4v) is 5.83. The molecule has 29 heavy (non-hydrogen) atoms.